The lowest BCUT2D eigenvalue weighted by atomic mass is 9.74. The summed E-state index contributed by atoms with van der Waals surface area (Å²) in [6, 6.07) is 6.46. The van der Waals surface area contributed by atoms with E-state index in [1.54, 1.807) is 0 Å². The standard InChI is InChI=1S/C14H21BO2/c1-10-6-11(2)8-13(7-10)15-16-12(3)9-14(4,5)17-15/h6-8,12H,9H2,1-5H3. The first kappa shape index (κ1) is 12.7. The van der Waals surface area contributed by atoms with E-state index < -0.39 is 0 Å². The maximum Gasteiger partial charge on any atom is 0.494 e. The molecule has 1 unspecified atom stereocenters. The monoisotopic (exact) mass is 232 g/mol. The number of aryl methyl sites for hydroxylation is 2. The second-order valence-electron chi connectivity index (χ2n) is 5.78. The van der Waals surface area contributed by atoms with Crippen LogP contribution in [0.3, 0.4) is 0 Å². The molecule has 0 saturated carbocycles. The summed E-state index contributed by atoms with van der Waals surface area (Å²) in [5.74, 6) is 0. The van der Waals surface area contributed by atoms with Crippen molar-refractivity contribution in [3.05, 3.63) is 29.3 Å². The second kappa shape index (κ2) is 4.47. The summed E-state index contributed by atoms with van der Waals surface area (Å²) in [6.45, 7) is 10.6. The molecule has 1 saturated heterocycles. The molecule has 1 aliphatic rings. The number of benzene rings is 1. The molecule has 1 aliphatic heterocycles. The molecule has 2 nitrogen and oxygen atoms in total. The third-order valence-electron chi connectivity index (χ3n) is 3.08. The fraction of sp³-hybridized carbons (Fsp3) is 0.571. The predicted octanol–water partition coefficient (Wildman–Crippen LogP) is 2.60. The Morgan fingerprint density at radius 2 is 1.76 bits per heavy atom. The molecule has 3 heteroatoms. The van der Waals surface area contributed by atoms with Gasteiger partial charge in [-0.25, -0.2) is 0 Å². The van der Waals surface area contributed by atoms with Gasteiger partial charge in [-0.1, -0.05) is 29.3 Å². The van der Waals surface area contributed by atoms with E-state index in [-0.39, 0.29) is 18.8 Å². The van der Waals surface area contributed by atoms with Gasteiger partial charge < -0.3 is 9.31 Å². The van der Waals surface area contributed by atoms with E-state index in [2.05, 4.69) is 52.8 Å². The van der Waals surface area contributed by atoms with Crippen molar-refractivity contribution >= 4 is 12.6 Å². The number of rotatable bonds is 1. The molecule has 0 aliphatic carbocycles. The minimum Gasteiger partial charge on any atom is -0.405 e. The summed E-state index contributed by atoms with van der Waals surface area (Å²) in [5, 5.41) is 0. The smallest absolute Gasteiger partial charge is 0.405 e. The Hall–Kier alpha value is -0.795. The van der Waals surface area contributed by atoms with Crippen LogP contribution in [0.1, 0.15) is 38.3 Å². The lowest BCUT2D eigenvalue weighted by Gasteiger charge is -2.38. The Bertz CT molecular complexity index is 394. The van der Waals surface area contributed by atoms with Crippen LogP contribution in [0.2, 0.25) is 0 Å². The summed E-state index contributed by atoms with van der Waals surface area (Å²) < 4.78 is 11.9. The fourth-order valence-corrected chi connectivity index (χ4v) is 2.61. The van der Waals surface area contributed by atoms with Crippen LogP contribution in [0.15, 0.2) is 18.2 Å². The van der Waals surface area contributed by atoms with Crippen molar-refractivity contribution in [1.82, 2.24) is 0 Å². The predicted molar refractivity (Wildman–Crippen MR) is 71.6 cm³/mol. The molecule has 2 rings (SSSR count). The zero-order chi connectivity index (χ0) is 12.6. The quantitative estimate of drug-likeness (QED) is 0.693. The highest BCUT2D eigenvalue weighted by Crippen LogP contribution is 2.25. The van der Waals surface area contributed by atoms with Crippen LogP contribution in [-0.2, 0) is 9.31 Å². The van der Waals surface area contributed by atoms with Gasteiger partial charge in [0.1, 0.15) is 0 Å². The summed E-state index contributed by atoms with van der Waals surface area (Å²) in [6.07, 6.45) is 1.18. The van der Waals surface area contributed by atoms with E-state index in [0.29, 0.717) is 0 Å². The summed E-state index contributed by atoms with van der Waals surface area (Å²) in [5.41, 5.74) is 3.52. The van der Waals surface area contributed by atoms with Crippen LogP contribution in [0.4, 0.5) is 0 Å². The molecule has 0 amide bonds. The molecule has 1 heterocycles. The highest BCUT2D eigenvalue weighted by Gasteiger charge is 2.38. The van der Waals surface area contributed by atoms with Crippen LogP contribution in [-0.4, -0.2) is 18.8 Å². The van der Waals surface area contributed by atoms with E-state index >= 15 is 0 Å². The maximum absolute atomic E-state index is 6.02. The van der Waals surface area contributed by atoms with Crippen LogP contribution in [0, 0.1) is 13.8 Å². The van der Waals surface area contributed by atoms with Crippen molar-refractivity contribution in [3.63, 3.8) is 0 Å². The van der Waals surface area contributed by atoms with Crippen LogP contribution in [0.5, 0.6) is 0 Å². The summed E-state index contributed by atoms with van der Waals surface area (Å²) >= 11 is 0. The first-order valence-corrected chi connectivity index (χ1v) is 6.27. The van der Waals surface area contributed by atoms with E-state index in [1.807, 2.05) is 0 Å². The average Bonchev–Trinajstić information content (AvgIpc) is 2.12. The average molecular weight is 232 g/mol. The summed E-state index contributed by atoms with van der Waals surface area (Å²) in [4.78, 5) is 0. The van der Waals surface area contributed by atoms with E-state index in [4.69, 9.17) is 9.31 Å². The molecule has 0 N–H and O–H groups in total. The van der Waals surface area contributed by atoms with Crippen molar-refractivity contribution in [2.24, 2.45) is 0 Å². The van der Waals surface area contributed by atoms with Crippen molar-refractivity contribution in [2.75, 3.05) is 0 Å². The molecular weight excluding hydrogens is 211 g/mol. The lowest BCUT2D eigenvalue weighted by molar-refractivity contribution is -0.0229. The Morgan fingerprint density at radius 3 is 2.29 bits per heavy atom. The number of hydrogen-bond acceptors (Lipinski definition) is 2. The van der Waals surface area contributed by atoms with Gasteiger partial charge in [0.15, 0.2) is 0 Å². The first-order chi connectivity index (χ1) is 7.85. The molecule has 1 atom stereocenters. The van der Waals surface area contributed by atoms with Crippen molar-refractivity contribution < 1.29 is 9.31 Å². The Labute approximate surface area is 104 Å². The van der Waals surface area contributed by atoms with Gasteiger partial charge in [-0.15, -0.1) is 0 Å². The van der Waals surface area contributed by atoms with Gasteiger partial charge >= 0.3 is 7.12 Å². The second-order valence-corrected chi connectivity index (χ2v) is 5.78. The zero-order valence-corrected chi connectivity index (χ0v) is 11.4. The lowest BCUT2D eigenvalue weighted by Crippen LogP contribution is -2.51. The van der Waals surface area contributed by atoms with Gasteiger partial charge in [-0.05, 0) is 46.5 Å². The van der Waals surface area contributed by atoms with Gasteiger partial charge in [-0.2, -0.15) is 0 Å². The van der Waals surface area contributed by atoms with E-state index in [1.165, 1.54) is 11.1 Å². The first-order valence-electron chi connectivity index (χ1n) is 6.27. The Kier molecular flexibility index (Phi) is 3.33. The van der Waals surface area contributed by atoms with Crippen LogP contribution < -0.4 is 5.46 Å². The molecule has 0 spiro atoms. The normalized spacial score (nSPS) is 23.8. The van der Waals surface area contributed by atoms with Crippen molar-refractivity contribution in [3.8, 4) is 0 Å². The van der Waals surface area contributed by atoms with Crippen LogP contribution in [0.25, 0.3) is 0 Å². The molecule has 1 fully saturated rings. The molecule has 17 heavy (non-hydrogen) atoms. The van der Waals surface area contributed by atoms with Gasteiger partial charge in [0.05, 0.1) is 5.60 Å². The number of hydrogen-bond donors (Lipinski definition) is 0. The van der Waals surface area contributed by atoms with E-state index in [9.17, 15) is 0 Å². The van der Waals surface area contributed by atoms with Crippen LogP contribution >= 0.6 is 0 Å². The molecule has 0 radical (unpaired) electrons. The van der Waals surface area contributed by atoms with Gasteiger partial charge in [0.2, 0.25) is 0 Å². The molecule has 1 aromatic rings. The Balaban J connectivity index is 2.26. The zero-order valence-electron chi connectivity index (χ0n) is 11.4. The third kappa shape index (κ3) is 3.11. The SMILES string of the molecule is Cc1cc(C)cc(B2OC(C)CC(C)(C)O2)c1. The molecule has 92 valence electrons. The van der Waals surface area contributed by atoms with Gasteiger partial charge in [0, 0.05) is 6.10 Å². The fourth-order valence-electron chi connectivity index (χ4n) is 2.61. The molecular formula is C14H21BO2. The van der Waals surface area contributed by atoms with E-state index in [0.717, 1.165) is 11.9 Å². The topological polar surface area (TPSA) is 18.5 Å². The largest absolute Gasteiger partial charge is 0.494 e. The summed E-state index contributed by atoms with van der Waals surface area (Å²) in [7, 11) is -0.229. The maximum atomic E-state index is 6.02. The Morgan fingerprint density at radius 1 is 1.18 bits per heavy atom. The minimum absolute atomic E-state index is 0.111. The molecule has 1 aromatic carbocycles. The highest BCUT2D eigenvalue weighted by atomic mass is 16.6. The third-order valence-corrected chi connectivity index (χ3v) is 3.08. The van der Waals surface area contributed by atoms with Gasteiger partial charge in [0.25, 0.3) is 0 Å². The molecule has 0 bridgehead atoms. The van der Waals surface area contributed by atoms with Crippen molar-refractivity contribution in [1.29, 1.82) is 0 Å². The minimum atomic E-state index is -0.229. The molecule has 0 aromatic heterocycles. The van der Waals surface area contributed by atoms with Crippen molar-refractivity contribution in [2.45, 2.75) is 52.7 Å². The highest BCUT2D eigenvalue weighted by molar-refractivity contribution is 6.61. The van der Waals surface area contributed by atoms with Gasteiger partial charge in [-0.3, -0.25) is 0 Å².